The number of carboxylic acids is 1. The zero-order chi connectivity index (χ0) is 14.7. The van der Waals surface area contributed by atoms with Crippen molar-refractivity contribution in [3.63, 3.8) is 0 Å². The van der Waals surface area contributed by atoms with Gasteiger partial charge in [0.15, 0.2) is 10.8 Å². The summed E-state index contributed by atoms with van der Waals surface area (Å²) in [4.78, 5) is 18.6. The summed E-state index contributed by atoms with van der Waals surface area (Å²) in [5.74, 6) is -1.03. The molecule has 0 aliphatic rings. The van der Waals surface area contributed by atoms with E-state index in [2.05, 4.69) is 20.4 Å². The topological polar surface area (TPSA) is 92.9 Å². The lowest BCUT2D eigenvalue weighted by Gasteiger charge is -2.05. The summed E-state index contributed by atoms with van der Waals surface area (Å²) in [6.45, 7) is 0.653. The molecule has 3 rings (SSSR count). The molecule has 0 aliphatic heterocycles. The highest BCUT2D eigenvalue weighted by atomic mass is 32.1. The van der Waals surface area contributed by atoms with Gasteiger partial charge in [0, 0.05) is 11.1 Å². The van der Waals surface area contributed by atoms with Gasteiger partial charge >= 0.3 is 5.97 Å². The van der Waals surface area contributed by atoms with Gasteiger partial charge in [0.05, 0.1) is 6.54 Å². The van der Waals surface area contributed by atoms with Gasteiger partial charge < -0.3 is 10.4 Å². The van der Waals surface area contributed by atoms with Crippen LogP contribution in [0.25, 0.3) is 0 Å². The summed E-state index contributed by atoms with van der Waals surface area (Å²) in [6.07, 6.45) is 3.16. The Morgan fingerprint density at radius 1 is 1.33 bits per heavy atom. The van der Waals surface area contributed by atoms with Crippen molar-refractivity contribution in [3.05, 3.63) is 53.6 Å². The second-order valence-corrected chi connectivity index (χ2v) is 5.12. The first-order chi connectivity index (χ1) is 10.2. The number of aromatic nitrogens is 4. The van der Waals surface area contributed by atoms with Crippen LogP contribution in [0, 0.1) is 0 Å². The average Bonchev–Trinajstić information content (AvgIpc) is 3.12. The predicted molar refractivity (Wildman–Crippen MR) is 77.9 cm³/mol. The van der Waals surface area contributed by atoms with Crippen LogP contribution in [0.1, 0.15) is 16.1 Å². The first kappa shape index (κ1) is 13.3. The fraction of sp³-hybridized carbons (Fsp3) is 0.0769. The zero-order valence-electron chi connectivity index (χ0n) is 10.8. The van der Waals surface area contributed by atoms with Gasteiger partial charge in [0.1, 0.15) is 12.7 Å². The monoisotopic (exact) mass is 301 g/mol. The summed E-state index contributed by atoms with van der Waals surface area (Å²) in [5, 5.41) is 18.0. The maximum atomic E-state index is 10.8. The third-order valence-corrected chi connectivity index (χ3v) is 3.50. The molecule has 0 spiro atoms. The highest BCUT2D eigenvalue weighted by Crippen LogP contribution is 2.21. The first-order valence-corrected chi connectivity index (χ1v) is 6.96. The third kappa shape index (κ3) is 3.23. The zero-order valence-corrected chi connectivity index (χ0v) is 11.6. The average molecular weight is 301 g/mol. The molecular formula is C13H11N5O2S. The van der Waals surface area contributed by atoms with Crippen LogP contribution in [0.4, 0.5) is 10.8 Å². The van der Waals surface area contributed by atoms with E-state index in [0.717, 1.165) is 11.3 Å². The number of carbonyl (C=O) groups is 1. The maximum absolute atomic E-state index is 10.8. The van der Waals surface area contributed by atoms with Crippen LogP contribution in [0.15, 0.2) is 42.3 Å². The van der Waals surface area contributed by atoms with Gasteiger partial charge in [-0.25, -0.2) is 19.4 Å². The lowest BCUT2D eigenvalue weighted by atomic mass is 10.2. The van der Waals surface area contributed by atoms with Crippen molar-refractivity contribution in [1.82, 2.24) is 19.7 Å². The Morgan fingerprint density at radius 3 is 2.76 bits per heavy atom. The van der Waals surface area contributed by atoms with Crippen LogP contribution in [-0.4, -0.2) is 30.8 Å². The minimum Gasteiger partial charge on any atom is -0.476 e. The molecule has 0 atom stereocenters. The molecule has 0 unspecified atom stereocenters. The fourth-order valence-corrected chi connectivity index (χ4v) is 2.45. The molecule has 3 aromatic rings. The van der Waals surface area contributed by atoms with Crippen molar-refractivity contribution in [2.75, 3.05) is 5.32 Å². The smallest absolute Gasteiger partial charge is 0.355 e. The van der Waals surface area contributed by atoms with Crippen LogP contribution in [0.2, 0.25) is 0 Å². The predicted octanol–water partition coefficient (Wildman–Crippen LogP) is 2.22. The number of nitrogens with one attached hydrogen (secondary N) is 1. The Hall–Kier alpha value is -2.74. The molecule has 0 amide bonds. The molecule has 0 saturated carbocycles. The summed E-state index contributed by atoms with van der Waals surface area (Å²) >= 11 is 1.26. The molecule has 2 aromatic heterocycles. The molecule has 8 heteroatoms. The van der Waals surface area contributed by atoms with E-state index in [9.17, 15) is 4.79 Å². The van der Waals surface area contributed by atoms with Crippen molar-refractivity contribution in [2.45, 2.75) is 6.54 Å². The number of rotatable bonds is 5. The Bertz CT molecular complexity index is 736. The van der Waals surface area contributed by atoms with Crippen LogP contribution >= 0.6 is 11.3 Å². The second-order valence-electron chi connectivity index (χ2n) is 4.26. The van der Waals surface area contributed by atoms with E-state index in [1.165, 1.54) is 23.0 Å². The molecule has 1 aromatic carbocycles. The van der Waals surface area contributed by atoms with Crippen LogP contribution < -0.4 is 5.32 Å². The van der Waals surface area contributed by atoms with Crippen molar-refractivity contribution < 1.29 is 9.90 Å². The quantitative estimate of drug-likeness (QED) is 0.750. The van der Waals surface area contributed by atoms with Gasteiger partial charge in [-0.15, -0.1) is 11.3 Å². The standard InChI is InChI=1S/C13H11N5O2S/c19-12(20)11-6-21-13(17-11)16-10-3-1-9(2-4-10)5-18-8-14-7-15-18/h1-4,6-8H,5H2,(H,16,17)(H,19,20). The van der Waals surface area contributed by atoms with E-state index in [1.54, 1.807) is 11.0 Å². The Balaban J connectivity index is 1.67. The van der Waals surface area contributed by atoms with E-state index in [0.29, 0.717) is 11.7 Å². The normalized spacial score (nSPS) is 10.5. The largest absolute Gasteiger partial charge is 0.476 e. The molecule has 0 fully saturated rings. The molecule has 0 aliphatic carbocycles. The number of aromatic carboxylic acids is 1. The van der Waals surface area contributed by atoms with Gasteiger partial charge in [-0.2, -0.15) is 5.10 Å². The first-order valence-electron chi connectivity index (χ1n) is 6.08. The number of nitrogens with zero attached hydrogens (tertiary/aromatic N) is 4. The lowest BCUT2D eigenvalue weighted by Crippen LogP contribution is -2.00. The van der Waals surface area contributed by atoms with E-state index < -0.39 is 5.97 Å². The van der Waals surface area contributed by atoms with Crippen LogP contribution in [-0.2, 0) is 6.54 Å². The number of hydrogen-bond donors (Lipinski definition) is 2. The van der Waals surface area contributed by atoms with Crippen molar-refractivity contribution in [1.29, 1.82) is 0 Å². The minimum atomic E-state index is -1.03. The summed E-state index contributed by atoms with van der Waals surface area (Å²) in [7, 11) is 0. The molecule has 7 nitrogen and oxygen atoms in total. The van der Waals surface area contributed by atoms with Gasteiger partial charge in [0.2, 0.25) is 0 Å². The van der Waals surface area contributed by atoms with E-state index in [4.69, 9.17) is 5.11 Å². The fourth-order valence-electron chi connectivity index (χ4n) is 1.75. The number of carboxylic acid groups (broad SMARTS) is 1. The minimum absolute atomic E-state index is 0.0466. The second kappa shape index (κ2) is 5.71. The third-order valence-electron chi connectivity index (χ3n) is 2.74. The highest BCUT2D eigenvalue weighted by Gasteiger charge is 2.08. The number of benzene rings is 1. The molecule has 0 saturated heterocycles. The van der Waals surface area contributed by atoms with E-state index in [1.807, 2.05) is 24.3 Å². The van der Waals surface area contributed by atoms with Gasteiger partial charge in [-0.05, 0) is 17.7 Å². The number of anilines is 2. The number of hydrogen-bond acceptors (Lipinski definition) is 6. The maximum Gasteiger partial charge on any atom is 0.355 e. The summed E-state index contributed by atoms with van der Waals surface area (Å²) < 4.78 is 1.74. The van der Waals surface area contributed by atoms with Crippen molar-refractivity contribution in [2.24, 2.45) is 0 Å². The van der Waals surface area contributed by atoms with Crippen molar-refractivity contribution >= 4 is 28.1 Å². The molecule has 0 radical (unpaired) electrons. The lowest BCUT2D eigenvalue weighted by molar-refractivity contribution is 0.0691. The van der Waals surface area contributed by atoms with Gasteiger partial charge in [-0.1, -0.05) is 12.1 Å². The molecular weight excluding hydrogens is 290 g/mol. The molecule has 2 heterocycles. The summed E-state index contributed by atoms with van der Waals surface area (Å²) in [5.41, 5.74) is 1.99. The van der Waals surface area contributed by atoms with Gasteiger partial charge in [-0.3, -0.25) is 0 Å². The van der Waals surface area contributed by atoms with Gasteiger partial charge in [0.25, 0.3) is 0 Å². The van der Waals surface area contributed by atoms with Crippen molar-refractivity contribution in [3.8, 4) is 0 Å². The summed E-state index contributed by atoms with van der Waals surface area (Å²) in [6, 6.07) is 7.76. The molecule has 106 valence electrons. The Kier molecular flexibility index (Phi) is 3.61. The van der Waals surface area contributed by atoms with E-state index >= 15 is 0 Å². The molecule has 0 bridgehead atoms. The van der Waals surface area contributed by atoms with Crippen LogP contribution in [0.5, 0.6) is 0 Å². The Morgan fingerprint density at radius 2 is 2.14 bits per heavy atom. The molecule has 2 N–H and O–H groups in total. The highest BCUT2D eigenvalue weighted by molar-refractivity contribution is 7.14. The molecule has 21 heavy (non-hydrogen) atoms. The van der Waals surface area contributed by atoms with Crippen LogP contribution in [0.3, 0.4) is 0 Å². The SMILES string of the molecule is O=C(O)c1csc(Nc2ccc(Cn3cncn3)cc2)n1. The van der Waals surface area contributed by atoms with E-state index in [-0.39, 0.29) is 5.69 Å². The Labute approximate surface area is 123 Å². The number of thiazole rings is 1.